The van der Waals surface area contributed by atoms with Crippen molar-refractivity contribution < 1.29 is 28.4 Å². The van der Waals surface area contributed by atoms with Crippen molar-refractivity contribution in [3.05, 3.63) is 74.6 Å². The molecule has 1 fully saturated rings. The molecule has 2 aromatic carbocycles. The monoisotopic (exact) mass is 429 g/mol. The molecule has 3 rings (SSSR count). The van der Waals surface area contributed by atoms with Crippen LogP contribution in [-0.4, -0.2) is 65.8 Å². The van der Waals surface area contributed by atoms with Crippen LogP contribution in [0, 0.1) is 22.9 Å². The Morgan fingerprint density at radius 1 is 0.935 bits per heavy atom. The molecule has 0 bridgehead atoms. The van der Waals surface area contributed by atoms with Crippen molar-refractivity contribution in [3.63, 3.8) is 0 Å². The fourth-order valence-corrected chi connectivity index (χ4v) is 3.28. The summed E-state index contributed by atoms with van der Waals surface area (Å²) >= 11 is 0. The van der Waals surface area contributed by atoms with Crippen LogP contribution in [-0.2, 0) is 4.74 Å². The number of esters is 1. The number of rotatable bonds is 4. The van der Waals surface area contributed by atoms with E-state index >= 15 is 0 Å². The standard InChI is InChI=1S/C21H20FN3O6/c1-13-3-4-14(12-18(13)22)19(26)23-5-7-24(8-6-23)20(27)15-9-16(21(28)31-2)11-17(10-15)25(29)30/h3-4,9-12H,5-8H2,1-2H3. The molecule has 0 unspecified atom stereocenters. The van der Waals surface area contributed by atoms with Gasteiger partial charge in [0.2, 0.25) is 0 Å². The van der Waals surface area contributed by atoms with Gasteiger partial charge in [-0.05, 0) is 30.7 Å². The first kappa shape index (κ1) is 21.9. The Morgan fingerprint density at radius 3 is 2.00 bits per heavy atom. The minimum atomic E-state index is -0.793. The number of amides is 2. The molecule has 0 N–H and O–H groups in total. The van der Waals surface area contributed by atoms with E-state index in [1.165, 1.54) is 28.0 Å². The first-order valence-electron chi connectivity index (χ1n) is 9.43. The smallest absolute Gasteiger partial charge is 0.338 e. The summed E-state index contributed by atoms with van der Waals surface area (Å²) in [4.78, 5) is 50.7. The van der Waals surface area contributed by atoms with E-state index in [4.69, 9.17) is 0 Å². The van der Waals surface area contributed by atoms with Crippen LogP contribution in [0.4, 0.5) is 10.1 Å². The number of ether oxygens (including phenoxy) is 1. The third kappa shape index (κ3) is 4.68. The number of carbonyl (C=O) groups is 3. The van der Waals surface area contributed by atoms with Gasteiger partial charge < -0.3 is 14.5 Å². The molecule has 0 spiro atoms. The number of aryl methyl sites for hydroxylation is 1. The lowest BCUT2D eigenvalue weighted by Crippen LogP contribution is -2.50. The van der Waals surface area contributed by atoms with E-state index in [0.717, 1.165) is 19.2 Å². The van der Waals surface area contributed by atoms with E-state index in [-0.39, 0.29) is 48.8 Å². The molecule has 162 valence electrons. The SMILES string of the molecule is COC(=O)c1cc(C(=O)N2CCN(C(=O)c3ccc(C)c(F)c3)CC2)cc([N+](=O)[O-])c1. The molecular formula is C21H20FN3O6. The van der Waals surface area contributed by atoms with Crippen molar-refractivity contribution in [2.45, 2.75) is 6.92 Å². The molecule has 1 aliphatic rings. The number of hydrogen-bond acceptors (Lipinski definition) is 6. The zero-order valence-electron chi connectivity index (χ0n) is 17.0. The lowest BCUT2D eigenvalue weighted by molar-refractivity contribution is -0.384. The second-order valence-electron chi connectivity index (χ2n) is 7.07. The molecule has 31 heavy (non-hydrogen) atoms. The molecule has 0 saturated carbocycles. The highest BCUT2D eigenvalue weighted by Gasteiger charge is 2.27. The van der Waals surface area contributed by atoms with Crippen molar-refractivity contribution in [2.75, 3.05) is 33.3 Å². The van der Waals surface area contributed by atoms with Crippen molar-refractivity contribution in [3.8, 4) is 0 Å². The second-order valence-corrected chi connectivity index (χ2v) is 7.07. The van der Waals surface area contributed by atoms with Gasteiger partial charge in [-0.15, -0.1) is 0 Å². The van der Waals surface area contributed by atoms with Crippen molar-refractivity contribution in [1.82, 2.24) is 9.80 Å². The average Bonchev–Trinajstić information content (AvgIpc) is 2.79. The molecule has 0 atom stereocenters. The van der Waals surface area contributed by atoms with Gasteiger partial charge in [0.25, 0.3) is 17.5 Å². The van der Waals surface area contributed by atoms with Crippen LogP contribution in [0.15, 0.2) is 36.4 Å². The maximum atomic E-state index is 13.8. The van der Waals surface area contributed by atoms with Crippen molar-refractivity contribution in [1.29, 1.82) is 0 Å². The lowest BCUT2D eigenvalue weighted by atomic mass is 10.1. The Balaban J connectivity index is 1.73. The van der Waals surface area contributed by atoms with Gasteiger partial charge in [0.15, 0.2) is 0 Å². The Hall–Kier alpha value is -3.82. The number of methoxy groups -OCH3 is 1. The zero-order valence-corrected chi connectivity index (χ0v) is 17.0. The van der Waals surface area contributed by atoms with E-state index in [0.29, 0.717) is 5.56 Å². The molecule has 0 aliphatic carbocycles. The molecule has 2 aromatic rings. The summed E-state index contributed by atoms with van der Waals surface area (Å²) in [6.45, 7) is 2.43. The Kier molecular flexibility index (Phi) is 6.28. The predicted molar refractivity (Wildman–Crippen MR) is 107 cm³/mol. The van der Waals surface area contributed by atoms with Gasteiger partial charge in [-0.1, -0.05) is 6.07 Å². The van der Waals surface area contributed by atoms with Gasteiger partial charge in [0.1, 0.15) is 5.82 Å². The minimum absolute atomic E-state index is 0.0185. The number of nitro benzene ring substituents is 1. The van der Waals surface area contributed by atoms with E-state index in [1.807, 2.05) is 0 Å². The summed E-state index contributed by atoms with van der Waals surface area (Å²) in [7, 11) is 1.14. The fraction of sp³-hybridized carbons (Fsp3) is 0.286. The van der Waals surface area contributed by atoms with Crippen molar-refractivity contribution >= 4 is 23.5 Å². The largest absolute Gasteiger partial charge is 0.465 e. The maximum absolute atomic E-state index is 13.8. The lowest BCUT2D eigenvalue weighted by Gasteiger charge is -2.35. The van der Waals surface area contributed by atoms with Gasteiger partial charge in [0, 0.05) is 49.4 Å². The first-order chi connectivity index (χ1) is 14.7. The highest BCUT2D eigenvalue weighted by molar-refractivity contribution is 5.99. The van der Waals surface area contributed by atoms with E-state index < -0.39 is 28.3 Å². The van der Waals surface area contributed by atoms with Crippen LogP contribution in [0.2, 0.25) is 0 Å². The van der Waals surface area contributed by atoms with Crippen LogP contribution >= 0.6 is 0 Å². The summed E-state index contributed by atoms with van der Waals surface area (Å²) in [6.07, 6.45) is 0. The quantitative estimate of drug-likeness (QED) is 0.419. The van der Waals surface area contributed by atoms with Crippen LogP contribution in [0.5, 0.6) is 0 Å². The summed E-state index contributed by atoms with van der Waals surface area (Å²) in [5.41, 5.74) is 0.145. The normalized spacial score (nSPS) is 13.6. The average molecular weight is 429 g/mol. The summed E-state index contributed by atoms with van der Waals surface area (Å²) < 4.78 is 18.4. The summed E-state index contributed by atoms with van der Waals surface area (Å²) in [5.74, 6) is -2.10. The molecule has 2 amide bonds. The number of nitro groups is 1. The number of hydrogen-bond donors (Lipinski definition) is 0. The van der Waals surface area contributed by atoms with Crippen LogP contribution < -0.4 is 0 Å². The maximum Gasteiger partial charge on any atom is 0.338 e. The zero-order chi connectivity index (χ0) is 22.7. The molecule has 0 aromatic heterocycles. The molecule has 1 heterocycles. The van der Waals surface area contributed by atoms with Gasteiger partial charge in [-0.3, -0.25) is 19.7 Å². The predicted octanol–water partition coefficient (Wildman–Crippen LogP) is 2.43. The molecule has 9 nitrogen and oxygen atoms in total. The van der Waals surface area contributed by atoms with Gasteiger partial charge in [-0.2, -0.15) is 0 Å². The summed E-state index contributed by atoms with van der Waals surface area (Å²) in [6, 6.07) is 7.65. The van der Waals surface area contributed by atoms with Crippen LogP contribution in [0.3, 0.4) is 0 Å². The third-order valence-corrected chi connectivity index (χ3v) is 5.07. The Morgan fingerprint density at radius 2 is 1.48 bits per heavy atom. The van der Waals surface area contributed by atoms with Crippen molar-refractivity contribution in [2.24, 2.45) is 0 Å². The number of non-ortho nitro benzene ring substituents is 1. The first-order valence-corrected chi connectivity index (χ1v) is 9.43. The van der Waals surface area contributed by atoms with Crippen LogP contribution in [0.1, 0.15) is 36.6 Å². The molecule has 1 saturated heterocycles. The topological polar surface area (TPSA) is 110 Å². The van der Waals surface area contributed by atoms with E-state index in [9.17, 15) is 28.9 Å². The second kappa shape index (κ2) is 8.90. The van der Waals surface area contributed by atoms with E-state index in [1.54, 1.807) is 13.0 Å². The van der Waals surface area contributed by atoms with Gasteiger partial charge in [0.05, 0.1) is 17.6 Å². The van der Waals surface area contributed by atoms with E-state index in [2.05, 4.69) is 4.74 Å². The van der Waals surface area contributed by atoms with Gasteiger partial charge >= 0.3 is 5.97 Å². The fourth-order valence-electron chi connectivity index (χ4n) is 3.28. The molecule has 0 radical (unpaired) electrons. The van der Waals surface area contributed by atoms with Crippen LogP contribution in [0.25, 0.3) is 0 Å². The molecule has 1 aliphatic heterocycles. The highest BCUT2D eigenvalue weighted by Crippen LogP contribution is 2.21. The minimum Gasteiger partial charge on any atom is -0.465 e. The number of piperazine rings is 1. The number of halogens is 1. The highest BCUT2D eigenvalue weighted by atomic mass is 19.1. The number of benzene rings is 2. The Labute approximate surface area is 177 Å². The molecule has 10 heteroatoms. The summed E-state index contributed by atoms with van der Waals surface area (Å²) in [5, 5.41) is 11.2. The third-order valence-electron chi connectivity index (χ3n) is 5.07. The Bertz CT molecular complexity index is 1060. The number of nitrogens with zero attached hydrogens (tertiary/aromatic N) is 3. The number of carbonyl (C=O) groups excluding carboxylic acids is 3. The molecular weight excluding hydrogens is 409 g/mol. The van der Waals surface area contributed by atoms with Gasteiger partial charge in [-0.25, -0.2) is 9.18 Å².